The average Bonchev–Trinajstić information content (AvgIpc) is 2.73. The maximum atomic E-state index is 12.1. The van der Waals surface area contributed by atoms with Crippen molar-refractivity contribution in [2.75, 3.05) is 13.2 Å². The fraction of sp³-hybridized carbons (Fsp3) is 0.267. The van der Waals surface area contributed by atoms with Gasteiger partial charge in [0.2, 0.25) is 0 Å². The molecule has 7 heteroatoms. The lowest BCUT2D eigenvalue weighted by atomic mass is 10.2. The van der Waals surface area contributed by atoms with Crippen LogP contribution in [-0.4, -0.2) is 40.3 Å². The van der Waals surface area contributed by atoms with Crippen LogP contribution in [0.3, 0.4) is 0 Å². The number of aliphatic carboxylic acids is 1. The first-order chi connectivity index (χ1) is 10.5. The summed E-state index contributed by atoms with van der Waals surface area (Å²) in [5, 5.41) is 8.19. The number of nitrogens with zero attached hydrogens (tertiary/aromatic N) is 1. The number of carbonyl (C=O) groups is 3. The van der Waals surface area contributed by atoms with Crippen LogP contribution in [0.1, 0.15) is 18.9 Å². The van der Waals surface area contributed by atoms with E-state index < -0.39 is 17.1 Å². The summed E-state index contributed by atoms with van der Waals surface area (Å²) in [6, 6.07) is 7.14. The highest BCUT2D eigenvalue weighted by Crippen LogP contribution is 2.32. The van der Waals surface area contributed by atoms with Gasteiger partial charge >= 0.3 is 5.97 Å². The first-order valence-corrected chi connectivity index (χ1v) is 7.53. The zero-order valence-corrected chi connectivity index (χ0v) is 12.8. The molecule has 6 nitrogen and oxygen atoms in total. The molecule has 0 bridgehead atoms. The van der Waals surface area contributed by atoms with E-state index in [1.54, 1.807) is 30.3 Å². The van der Waals surface area contributed by atoms with Gasteiger partial charge < -0.3 is 9.84 Å². The summed E-state index contributed by atoms with van der Waals surface area (Å²) >= 11 is 0.817. The molecule has 1 N–H and O–H groups in total. The standard InChI is InChI=1S/C15H15NO5S/c1-2-21-11-5-3-10(4-6-11)9-12-14(19)16(15(20)22-12)8-7-13(17)18/h3-6,9H,2,7-8H2,1H3,(H,17,18)/b12-9+. The minimum Gasteiger partial charge on any atom is -0.494 e. The van der Waals surface area contributed by atoms with E-state index in [1.165, 1.54) is 0 Å². The lowest BCUT2D eigenvalue weighted by Gasteiger charge is -2.09. The van der Waals surface area contributed by atoms with Crippen molar-refractivity contribution in [3.8, 4) is 5.75 Å². The third-order valence-electron chi connectivity index (χ3n) is 2.91. The molecule has 1 aliphatic heterocycles. The van der Waals surface area contributed by atoms with Crippen molar-refractivity contribution in [3.05, 3.63) is 34.7 Å². The van der Waals surface area contributed by atoms with Crippen molar-refractivity contribution in [2.24, 2.45) is 0 Å². The van der Waals surface area contributed by atoms with E-state index >= 15 is 0 Å². The Morgan fingerprint density at radius 1 is 1.32 bits per heavy atom. The molecule has 0 aromatic heterocycles. The summed E-state index contributed by atoms with van der Waals surface area (Å²) < 4.78 is 5.33. The average molecular weight is 321 g/mol. The molecular weight excluding hydrogens is 306 g/mol. The van der Waals surface area contributed by atoms with Gasteiger partial charge in [0.25, 0.3) is 11.1 Å². The Hall–Kier alpha value is -2.28. The molecule has 1 aliphatic rings. The van der Waals surface area contributed by atoms with Crippen LogP contribution in [0.25, 0.3) is 6.08 Å². The first kappa shape index (κ1) is 16.1. The number of hydrogen-bond donors (Lipinski definition) is 1. The van der Waals surface area contributed by atoms with E-state index in [0.29, 0.717) is 11.5 Å². The normalized spacial score (nSPS) is 16.4. The predicted octanol–water partition coefficient (Wildman–Crippen LogP) is 2.60. The van der Waals surface area contributed by atoms with Crippen molar-refractivity contribution in [1.82, 2.24) is 4.90 Å². The number of rotatable bonds is 6. The van der Waals surface area contributed by atoms with Gasteiger partial charge in [0, 0.05) is 6.54 Å². The summed E-state index contributed by atoms with van der Waals surface area (Å²) in [6.07, 6.45) is 1.36. The Morgan fingerprint density at radius 3 is 2.59 bits per heavy atom. The third kappa shape index (κ3) is 3.88. The predicted molar refractivity (Wildman–Crippen MR) is 82.5 cm³/mol. The summed E-state index contributed by atoms with van der Waals surface area (Å²) in [5.41, 5.74) is 0.771. The highest BCUT2D eigenvalue weighted by molar-refractivity contribution is 8.18. The Balaban J connectivity index is 2.10. The molecule has 116 valence electrons. The topological polar surface area (TPSA) is 83.9 Å². The highest BCUT2D eigenvalue weighted by Gasteiger charge is 2.34. The van der Waals surface area contributed by atoms with E-state index in [9.17, 15) is 14.4 Å². The maximum Gasteiger partial charge on any atom is 0.305 e. The van der Waals surface area contributed by atoms with E-state index in [4.69, 9.17) is 9.84 Å². The number of thioether (sulfide) groups is 1. The Bertz CT molecular complexity index is 623. The Kier molecular flexibility index (Phi) is 5.21. The largest absolute Gasteiger partial charge is 0.494 e. The number of amides is 2. The van der Waals surface area contributed by atoms with Crippen LogP contribution >= 0.6 is 11.8 Å². The smallest absolute Gasteiger partial charge is 0.305 e. The molecule has 1 aromatic carbocycles. The summed E-state index contributed by atoms with van der Waals surface area (Å²) in [6.45, 7) is 2.35. The summed E-state index contributed by atoms with van der Waals surface area (Å²) in [7, 11) is 0. The van der Waals surface area contributed by atoms with Crippen molar-refractivity contribution < 1.29 is 24.2 Å². The lowest BCUT2D eigenvalue weighted by Crippen LogP contribution is -2.30. The van der Waals surface area contributed by atoms with Gasteiger partial charge in [-0.3, -0.25) is 19.3 Å². The zero-order valence-electron chi connectivity index (χ0n) is 11.9. The molecule has 1 saturated heterocycles. The van der Waals surface area contributed by atoms with Crippen LogP contribution in [0.5, 0.6) is 5.75 Å². The van der Waals surface area contributed by atoms with Gasteiger partial charge in [-0.15, -0.1) is 0 Å². The quantitative estimate of drug-likeness (QED) is 0.811. The summed E-state index contributed by atoms with van der Waals surface area (Å²) in [4.78, 5) is 35.6. The fourth-order valence-electron chi connectivity index (χ4n) is 1.88. The number of carbonyl (C=O) groups excluding carboxylic acids is 2. The van der Waals surface area contributed by atoms with Gasteiger partial charge in [-0.1, -0.05) is 12.1 Å². The Labute approximate surface area is 131 Å². The molecular formula is C15H15NO5S. The van der Waals surface area contributed by atoms with E-state index in [1.807, 2.05) is 6.92 Å². The van der Waals surface area contributed by atoms with Gasteiger partial charge in [0.05, 0.1) is 17.9 Å². The Morgan fingerprint density at radius 2 is 2.00 bits per heavy atom. The zero-order chi connectivity index (χ0) is 16.1. The van der Waals surface area contributed by atoms with E-state index in [2.05, 4.69) is 0 Å². The fourth-order valence-corrected chi connectivity index (χ4v) is 2.74. The highest BCUT2D eigenvalue weighted by atomic mass is 32.2. The molecule has 0 spiro atoms. The SMILES string of the molecule is CCOc1ccc(/C=C2/SC(=O)N(CCC(=O)O)C2=O)cc1. The molecule has 0 saturated carbocycles. The second kappa shape index (κ2) is 7.13. The molecule has 2 amide bonds. The van der Waals surface area contributed by atoms with Crippen molar-refractivity contribution in [2.45, 2.75) is 13.3 Å². The number of imide groups is 1. The monoisotopic (exact) mass is 321 g/mol. The molecule has 2 rings (SSSR count). The molecule has 0 atom stereocenters. The van der Waals surface area contributed by atoms with Gasteiger partial charge in [0.15, 0.2) is 0 Å². The molecule has 22 heavy (non-hydrogen) atoms. The molecule has 0 radical (unpaired) electrons. The van der Waals surface area contributed by atoms with Crippen LogP contribution in [-0.2, 0) is 9.59 Å². The first-order valence-electron chi connectivity index (χ1n) is 6.71. The molecule has 0 unspecified atom stereocenters. The van der Waals surface area contributed by atoms with Crippen LogP contribution in [0, 0.1) is 0 Å². The minimum atomic E-state index is -1.05. The lowest BCUT2D eigenvalue weighted by molar-refractivity contribution is -0.137. The van der Waals surface area contributed by atoms with Crippen LogP contribution in [0.2, 0.25) is 0 Å². The number of ether oxygens (including phenoxy) is 1. The van der Waals surface area contributed by atoms with Crippen LogP contribution < -0.4 is 4.74 Å². The van der Waals surface area contributed by atoms with Crippen molar-refractivity contribution in [3.63, 3.8) is 0 Å². The van der Waals surface area contributed by atoms with Crippen LogP contribution in [0.15, 0.2) is 29.2 Å². The second-order valence-electron chi connectivity index (χ2n) is 4.48. The number of benzene rings is 1. The minimum absolute atomic E-state index is 0.110. The van der Waals surface area contributed by atoms with Crippen molar-refractivity contribution in [1.29, 1.82) is 0 Å². The maximum absolute atomic E-state index is 12.1. The van der Waals surface area contributed by atoms with Crippen molar-refractivity contribution >= 4 is 35.0 Å². The second-order valence-corrected chi connectivity index (χ2v) is 5.47. The third-order valence-corrected chi connectivity index (χ3v) is 3.82. The van der Waals surface area contributed by atoms with Crippen LogP contribution in [0.4, 0.5) is 4.79 Å². The van der Waals surface area contributed by atoms with Gasteiger partial charge in [-0.2, -0.15) is 0 Å². The van der Waals surface area contributed by atoms with Gasteiger partial charge in [0.1, 0.15) is 5.75 Å². The van der Waals surface area contributed by atoms with E-state index in [0.717, 1.165) is 28.0 Å². The molecule has 1 heterocycles. The molecule has 1 aromatic rings. The van der Waals surface area contributed by atoms with Gasteiger partial charge in [-0.05, 0) is 42.5 Å². The summed E-state index contributed by atoms with van der Waals surface area (Å²) in [5.74, 6) is -0.770. The number of carboxylic acids is 1. The van der Waals surface area contributed by atoms with E-state index in [-0.39, 0.29) is 13.0 Å². The molecule has 1 fully saturated rings. The van der Waals surface area contributed by atoms with Gasteiger partial charge in [-0.25, -0.2) is 0 Å². The number of carboxylic acid groups (broad SMARTS) is 1. The molecule has 0 aliphatic carbocycles. The number of hydrogen-bond acceptors (Lipinski definition) is 5.